The van der Waals surface area contributed by atoms with Crippen LogP contribution in [0.4, 0.5) is 0 Å². The Bertz CT molecular complexity index is 359. The second-order valence-electron chi connectivity index (χ2n) is 6.87. The van der Waals surface area contributed by atoms with Crippen molar-refractivity contribution in [1.82, 2.24) is 9.80 Å². The molecule has 5 nitrogen and oxygen atoms in total. The van der Waals surface area contributed by atoms with E-state index in [1.165, 1.54) is 25.8 Å². The van der Waals surface area contributed by atoms with E-state index in [1.54, 1.807) is 6.92 Å². The number of piperidine rings is 1. The fourth-order valence-electron chi connectivity index (χ4n) is 3.70. The van der Waals surface area contributed by atoms with E-state index < -0.39 is 5.54 Å². The molecule has 122 valence electrons. The third-order valence-corrected chi connectivity index (χ3v) is 4.95. The van der Waals surface area contributed by atoms with Crippen molar-refractivity contribution in [2.45, 2.75) is 64.1 Å². The molecule has 0 bridgehead atoms. The van der Waals surface area contributed by atoms with Gasteiger partial charge in [-0.3, -0.25) is 14.6 Å². The van der Waals surface area contributed by atoms with Crippen LogP contribution in [0.15, 0.2) is 0 Å². The summed E-state index contributed by atoms with van der Waals surface area (Å²) in [7, 11) is 0. The molecule has 0 aromatic heterocycles. The summed E-state index contributed by atoms with van der Waals surface area (Å²) in [6, 6.07) is 1.01. The maximum Gasteiger partial charge on any atom is 0.325 e. The molecule has 2 heterocycles. The van der Waals surface area contributed by atoms with Gasteiger partial charge >= 0.3 is 5.97 Å². The maximum atomic E-state index is 11.9. The molecule has 2 N–H and O–H groups in total. The number of carbonyl (C=O) groups is 1. The minimum absolute atomic E-state index is 0.284. The largest absolute Gasteiger partial charge is 0.465 e. The Morgan fingerprint density at radius 1 is 1.38 bits per heavy atom. The molecule has 0 amide bonds. The van der Waals surface area contributed by atoms with Gasteiger partial charge in [-0.1, -0.05) is 6.42 Å². The van der Waals surface area contributed by atoms with Gasteiger partial charge in [0.15, 0.2) is 0 Å². The molecule has 3 atom stereocenters. The number of hydrogen-bond donors (Lipinski definition) is 1. The van der Waals surface area contributed by atoms with E-state index in [0.717, 1.165) is 19.6 Å². The highest BCUT2D eigenvalue weighted by atomic mass is 16.5. The molecule has 5 heteroatoms. The lowest BCUT2D eigenvalue weighted by Gasteiger charge is -2.46. The van der Waals surface area contributed by atoms with Gasteiger partial charge in [-0.2, -0.15) is 0 Å². The van der Waals surface area contributed by atoms with Crippen LogP contribution in [0.2, 0.25) is 0 Å². The molecule has 2 aliphatic rings. The summed E-state index contributed by atoms with van der Waals surface area (Å²) in [4.78, 5) is 17.1. The van der Waals surface area contributed by atoms with Crippen LogP contribution < -0.4 is 5.73 Å². The van der Waals surface area contributed by atoms with Gasteiger partial charge in [-0.15, -0.1) is 0 Å². The number of ether oxygens (including phenoxy) is 1. The minimum Gasteiger partial charge on any atom is -0.465 e. The molecular formula is C16H31N3O2. The Kier molecular flexibility index (Phi) is 5.63. The first-order valence-corrected chi connectivity index (χ1v) is 8.38. The lowest BCUT2D eigenvalue weighted by atomic mass is 9.92. The molecule has 0 aromatic rings. The first-order valence-electron chi connectivity index (χ1n) is 8.38. The van der Waals surface area contributed by atoms with E-state index in [-0.39, 0.29) is 5.97 Å². The first-order chi connectivity index (χ1) is 9.94. The van der Waals surface area contributed by atoms with Crippen molar-refractivity contribution in [3.63, 3.8) is 0 Å². The molecule has 2 fully saturated rings. The van der Waals surface area contributed by atoms with Crippen molar-refractivity contribution in [3.05, 3.63) is 0 Å². The summed E-state index contributed by atoms with van der Waals surface area (Å²) in [6.07, 6.45) is 4.65. The fourth-order valence-corrected chi connectivity index (χ4v) is 3.70. The molecule has 2 saturated heterocycles. The molecule has 0 aliphatic carbocycles. The Morgan fingerprint density at radius 2 is 2.14 bits per heavy atom. The highest BCUT2D eigenvalue weighted by Gasteiger charge is 2.36. The van der Waals surface area contributed by atoms with Crippen LogP contribution in [-0.4, -0.2) is 66.2 Å². The van der Waals surface area contributed by atoms with E-state index in [0.29, 0.717) is 25.1 Å². The summed E-state index contributed by atoms with van der Waals surface area (Å²) >= 11 is 0. The third kappa shape index (κ3) is 4.18. The number of nitrogens with zero attached hydrogens (tertiary/aromatic N) is 2. The van der Waals surface area contributed by atoms with Gasteiger partial charge in [0.1, 0.15) is 5.54 Å². The predicted octanol–water partition coefficient (Wildman–Crippen LogP) is 1.22. The van der Waals surface area contributed by atoms with Gasteiger partial charge in [0.05, 0.1) is 6.61 Å². The topological polar surface area (TPSA) is 58.8 Å². The number of nitrogens with two attached hydrogens (primary N) is 1. The molecule has 0 radical (unpaired) electrons. The fraction of sp³-hybridized carbons (Fsp3) is 0.938. The SMILES string of the molecule is CCOC(=O)C(C)(N)CC(C)N1CCN2CCCCC2C1. The van der Waals surface area contributed by atoms with E-state index in [4.69, 9.17) is 10.5 Å². The molecule has 0 aromatic carbocycles. The van der Waals surface area contributed by atoms with E-state index in [1.807, 2.05) is 6.92 Å². The van der Waals surface area contributed by atoms with Gasteiger partial charge in [-0.25, -0.2) is 0 Å². The normalized spacial score (nSPS) is 28.5. The van der Waals surface area contributed by atoms with Crippen molar-refractivity contribution in [2.24, 2.45) is 5.73 Å². The molecule has 0 saturated carbocycles. The monoisotopic (exact) mass is 297 g/mol. The Morgan fingerprint density at radius 3 is 2.86 bits per heavy atom. The van der Waals surface area contributed by atoms with Crippen molar-refractivity contribution in [2.75, 3.05) is 32.8 Å². The second-order valence-corrected chi connectivity index (χ2v) is 6.87. The zero-order valence-electron chi connectivity index (χ0n) is 13.8. The number of fused-ring (bicyclic) bond motifs is 1. The average Bonchev–Trinajstić information content (AvgIpc) is 2.46. The van der Waals surface area contributed by atoms with Crippen molar-refractivity contribution in [1.29, 1.82) is 0 Å². The van der Waals surface area contributed by atoms with Gasteiger partial charge in [0.25, 0.3) is 0 Å². The van der Waals surface area contributed by atoms with Gasteiger partial charge in [-0.05, 0) is 46.6 Å². The Labute approximate surface area is 128 Å². The second kappa shape index (κ2) is 7.07. The first kappa shape index (κ1) is 16.7. The van der Waals surface area contributed by atoms with Crippen LogP contribution in [-0.2, 0) is 9.53 Å². The lowest BCUT2D eigenvalue weighted by molar-refractivity contribution is -0.149. The van der Waals surface area contributed by atoms with Crippen molar-refractivity contribution < 1.29 is 9.53 Å². The average molecular weight is 297 g/mol. The zero-order chi connectivity index (χ0) is 15.5. The molecule has 21 heavy (non-hydrogen) atoms. The van der Waals surface area contributed by atoms with Crippen LogP contribution in [0.3, 0.4) is 0 Å². The summed E-state index contributed by atoms with van der Waals surface area (Å²) in [5.41, 5.74) is 5.28. The standard InChI is InChI=1S/C16H31N3O2/c1-4-21-15(20)16(3,17)11-13(2)19-10-9-18-8-6-5-7-14(18)12-19/h13-14H,4-12,17H2,1-3H3. The number of rotatable bonds is 5. The smallest absolute Gasteiger partial charge is 0.325 e. The lowest BCUT2D eigenvalue weighted by Crippen LogP contribution is -2.58. The Balaban J connectivity index is 1.88. The van der Waals surface area contributed by atoms with Crippen LogP contribution in [0.25, 0.3) is 0 Å². The van der Waals surface area contributed by atoms with Gasteiger partial charge in [0.2, 0.25) is 0 Å². The van der Waals surface area contributed by atoms with Crippen molar-refractivity contribution in [3.8, 4) is 0 Å². The van der Waals surface area contributed by atoms with Crippen LogP contribution in [0.1, 0.15) is 46.5 Å². The number of esters is 1. The predicted molar refractivity (Wildman–Crippen MR) is 84.1 cm³/mol. The van der Waals surface area contributed by atoms with E-state index in [9.17, 15) is 4.79 Å². The van der Waals surface area contributed by atoms with Crippen molar-refractivity contribution >= 4 is 5.97 Å². The minimum atomic E-state index is -0.890. The number of piperazine rings is 1. The number of carbonyl (C=O) groups excluding carboxylic acids is 1. The summed E-state index contributed by atoms with van der Waals surface area (Å²) in [5, 5.41) is 0. The Hall–Kier alpha value is -0.650. The van der Waals surface area contributed by atoms with E-state index in [2.05, 4.69) is 16.7 Å². The highest BCUT2D eigenvalue weighted by molar-refractivity contribution is 5.80. The quantitative estimate of drug-likeness (QED) is 0.773. The van der Waals surface area contributed by atoms with Crippen LogP contribution >= 0.6 is 0 Å². The van der Waals surface area contributed by atoms with Gasteiger partial charge < -0.3 is 10.5 Å². The molecule has 2 rings (SSSR count). The van der Waals surface area contributed by atoms with E-state index >= 15 is 0 Å². The van der Waals surface area contributed by atoms with Crippen LogP contribution in [0.5, 0.6) is 0 Å². The summed E-state index contributed by atoms with van der Waals surface area (Å²) in [6.45, 7) is 10.8. The highest BCUT2D eigenvalue weighted by Crippen LogP contribution is 2.24. The zero-order valence-corrected chi connectivity index (χ0v) is 13.8. The number of hydrogen-bond acceptors (Lipinski definition) is 5. The maximum absolute atomic E-state index is 11.9. The summed E-state index contributed by atoms with van der Waals surface area (Å²) in [5.74, 6) is -0.284. The van der Waals surface area contributed by atoms with Crippen LogP contribution in [0, 0.1) is 0 Å². The molecule has 3 unspecified atom stereocenters. The molecule has 2 aliphatic heterocycles. The molecular weight excluding hydrogens is 266 g/mol. The molecule has 0 spiro atoms. The third-order valence-electron chi connectivity index (χ3n) is 4.95. The summed E-state index contributed by atoms with van der Waals surface area (Å²) < 4.78 is 5.09. The van der Waals surface area contributed by atoms with Gasteiger partial charge in [0, 0.05) is 31.7 Å².